The van der Waals surface area contributed by atoms with E-state index < -0.39 is 5.97 Å². The first-order chi connectivity index (χ1) is 7.52. The topological polar surface area (TPSA) is 79.7 Å². The molecule has 86 valence electrons. The number of rotatable bonds is 4. The maximum Gasteiger partial charge on any atom is 0.341 e. The van der Waals surface area contributed by atoms with Crippen molar-refractivity contribution in [3.63, 3.8) is 0 Å². The van der Waals surface area contributed by atoms with Crippen molar-refractivity contribution in [2.24, 2.45) is 0 Å². The second-order valence-corrected chi connectivity index (χ2v) is 3.25. The summed E-state index contributed by atoms with van der Waals surface area (Å²) >= 11 is 0. The van der Waals surface area contributed by atoms with Gasteiger partial charge in [0.05, 0.1) is 0 Å². The quantitative estimate of drug-likeness (QED) is 0.792. The minimum atomic E-state index is -1.14. The highest BCUT2D eigenvalue weighted by Crippen LogP contribution is 2.16. The Hall–Kier alpha value is -2.11. The summed E-state index contributed by atoms with van der Waals surface area (Å²) in [6, 6.07) is 1.41. The van der Waals surface area contributed by atoms with Crippen molar-refractivity contribution in [2.45, 2.75) is 0 Å². The Bertz CT molecular complexity index is 404. The molecule has 1 aromatic rings. The zero-order chi connectivity index (χ0) is 12.1. The molecule has 0 atom stereocenters. The highest BCUT2D eigenvalue weighted by Gasteiger charge is 2.12. The van der Waals surface area contributed by atoms with E-state index >= 15 is 0 Å². The van der Waals surface area contributed by atoms with Gasteiger partial charge in [-0.05, 0) is 6.07 Å². The summed E-state index contributed by atoms with van der Waals surface area (Å²) in [5, 5.41) is 8.82. The molecule has 0 fully saturated rings. The summed E-state index contributed by atoms with van der Waals surface area (Å²) in [5.41, 5.74) is -0.0611. The number of aromatic carboxylic acids is 1. The van der Waals surface area contributed by atoms with E-state index in [1.807, 2.05) is 0 Å². The number of likely N-dealkylation sites (N-methyl/N-ethyl adjacent to an activating group) is 1. The molecular formula is C10H12N2O4. The van der Waals surface area contributed by atoms with Gasteiger partial charge in [-0.3, -0.25) is 9.78 Å². The third-order valence-corrected chi connectivity index (χ3v) is 1.86. The molecule has 0 aromatic carbocycles. The molecule has 6 nitrogen and oxygen atoms in total. The van der Waals surface area contributed by atoms with E-state index in [0.717, 1.165) is 0 Å². The first-order valence-corrected chi connectivity index (χ1v) is 4.52. The summed E-state index contributed by atoms with van der Waals surface area (Å²) in [5.74, 6) is -1.24. The van der Waals surface area contributed by atoms with Crippen LogP contribution >= 0.6 is 0 Å². The van der Waals surface area contributed by atoms with Crippen molar-refractivity contribution >= 4 is 11.9 Å². The molecule has 0 aliphatic heterocycles. The lowest BCUT2D eigenvalue weighted by atomic mass is 10.2. The van der Waals surface area contributed by atoms with Crippen molar-refractivity contribution < 1.29 is 19.4 Å². The zero-order valence-corrected chi connectivity index (χ0v) is 9.01. The molecule has 0 spiro atoms. The molecule has 0 saturated carbocycles. The monoisotopic (exact) mass is 224 g/mol. The van der Waals surface area contributed by atoms with Gasteiger partial charge in [0, 0.05) is 26.5 Å². The number of amides is 1. The molecule has 0 unspecified atom stereocenters. The largest absolute Gasteiger partial charge is 0.483 e. The summed E-state index contributed by atoms with van der Waals surface area (Å²) in [7, 11) is 3.19. The summed E-state index contributed by atoms with van der Waals surface area (Å²) in [4.78, 5) is 27.1. The average Bonchev–Trinajstić information content (AvgIpc) is 2.25. The minimum absolute atomic E-state index is 0.0611. The second-order valence-electron chi connectivity index (χ2n) is 3.25. The SMILES string of the molecule is CN(C)C(=O)COc1ccncc1C(=O)O. The number of aromatic nitrogens is 1. The van der Waals surface area contributed by atoms with Gasteiger partial charge in [0.1, 0.15) is 11.3 Å². The van der Waals surface area contributed by atoms with Gasteiger partial charge in [0.2, 0.25) is 0 Å². The molecule has 0 saturated heterocycles. The van der Waals surface area contributed by atoms with Gasteiger partial charge in [0.15, 0.2) is 6.61 Å². The molecule has 1 heterocycles. The number of carbonyl (C=O) groups is 2. The molecule has 1 amide bonds. The molecule has 0 bridgehead atoms. The average molecular weight is 224 g/mol. The fraction of sp³-hybridized carbons (Fsp3) is 0.300. The standard InChI is InChI=1S/C10H12N2O4/c1-12(2)9(13)6-16-8-3-4-11-5-7(8)10(14)15/h3-5H,6H2,1-2H3,(H,14,15). The van der Waals surface area contributed by atoms with Gasteiger partial charge in [-0.15, -0.1) is 0 Å². The van der Waals surface area contributed by atoms with Crippen LogP contribution in [0.5, 0.6) is 5.75 Å². The van der Waals surface area contributed by atoms with E-state index in [-0.39, 0.29) is 23.8 Å². The molecule has 1 N–H and O–H groups in total. The smallest absolute Gasteiger partial charge is 0.341 e. The van der Waals surface area contributed by atoms with Crippen molar-refractivity contribution in [1.82, 2.24) is 9.88 Å². The van der Waals surface area contributed by atoms with Crippen LogP contribution in [0.15, 0.2) is 18.5 Å². The van der Waals surface area contributed by atoms with Crippen LogP contribution in [0.4, 0.5) is 0 Å². The van der Waals surface area contributed by atoms with E-state index in [9.17, 15) is 9.59 Å². The van der Waals surface area contributed by atoms with E-state index in [1.54, 1.807) is 14.1 Å². The van der Waals surface area contributed by atoms with Crippen molar-refractivity contribution in [2.75, 3.05) is 20.7 Å². The van der Waals surface area contributed by atoms with Crippen LogP contribution in [0.1, 0.15) is 10.4 Å². The fourth-order valence-electron chi connectivity index (χ4n) is 0.937. The number of carboxylic acids is 1. The lowest BCUT2D eigenvalue weighted by molar-refractivity contribution is -0.130. The fourth-order valence-corrected chi connectivity index (χ4v) is 0.937. The summed E-state index contributed by atoms with van der Waals surface area (Å²) in [6.07, 6.45) is 2.58. The van der Waals surface area contributed by atoms with E-state index in [1.165, 1.54) is 23.4 Å². The lowest BCUT2D eigenvalue weighted by Crippen LogP contribution is -2.27. The Kier molecular flexibility index (Phi) is 3.82. The van der Waals surface area contributed by atoms with Crippen molar-refractivity contribution in [1.29, 1.82) is 0 Å². The molecule has 0 aliphatic carbocycles. The predicted molar refractivity (Wildman–Crippen MR) is 55.4 cm³/mol. The number of carboxylic acid groups (broad SMARTS) is 1. The lowest BCUT2D eigenvalue weighted by Gasteiger charge is -2.12. The second kappa shape index (κ2) is 5.11. The highest BCUT2D eigenvalue weighted by molar-refractivity contribution is 5.90. The van der Waals surface area contributed by atoms with Gasteiger partial charge in [-0.1, -0.05) is 0 Å². The maximum atomic E-state index is 11.2. The number of pyridine rings is 1. The van der Waals surface area contributed by atoms with Gasteiger partial charge >= 0.3 is 5.97 Å². The molecule has 16 heavy (non-hydrogen) atoms. The number of ether oxygens (including phenoxy) is 1. The van der Waals surface area contributed by atoms with Crippen LogP contribution in [-0.2, 0) is 4.79 Å². The molecule has 6 heteroatoms. The highest BCUT2D eigenvalue weighted by atomic mass is 16.5. The molecule has 0 aliphatic rings. The van der Waals surface area contributed by atoms with Crippen LogP contribution in [0.2, 0.25) is 0 Å². The van der Waals surface area contributed by atoms with Crippen molar-refractivity contribution in [3.05, 3.63) is 24.0 Å². The Morgan fingerprint density at radius 1 is 1.50 bits per heavy atom. The zero-order valence-electron chi connectivity index (χ0n) is 9.01. The van der Waals surface area contributed by atoms with Gasteiger partial charge in [-0.25, -0.2) is 4.79 Å². The van der Waals surface area contributed by atoms with Crippen molar-refractivity contribution in [3.8, 4) is 5.75 Å². The molecular weight excluding hydrogens is 212 g/mol. The van der Waals surface area contributed by atoms with Crippen LogP contribution in [0, 0.1) is 0 Å². The number of hydrogen-bond donors (Lipinski definition) is 1. The van der Waals surface area contributed by atoms with Gasteiger partial charge in [-0.2, -0.15) is 0 Å². The Morgan fingerprint density at radius 3 is 2.75 bits per heavy atom. The van der Waals surface area contributed by atoms with E-state index in [0.29, 0.717) is 0 Å². The van der Waals surface area contributed by atoms with Crippen LogP contribution < -0.4 is 4.74 Å². The third kappa shape index (κ3) is 2.94. The first-order valence-electron chi connectivity index (χ1n) is 4.52. The predicted octanol–water partition coefficient (Wildman–Crippen LogP) is 0.247. The van der Waals surface area contributed by atoms with E-state index in [2.05, 4.69) is 4.98 Å². The maximum absolute atomic E-state index is 11.2. The summed E-state index contributed by atoms with van der Waals surface area (Å²) < 4.78 is 5.11. The third-order valence-electron chi connectivity index (χ3n) is 1.86. The van der Waals surface area contributed by atoms with Crippen LogP contribution in [0.25, 0.3) is 0 Å². The Balaban J connectivity index is 2.74. The van der Waals surface area contributed by atoms with E-state index in [4.69, 9.17) is 9.84 Å². The molecule has 0 radical (unpaired) electrons. The van der Waals surface area contributed by atoms with Crippen LogP contribution in [-0.4, -0.2) is 47.6 Å². The molecule has 1 rings (SSSR count). The first kappa shape index (κ1) is 12.0. The normalized spacial score (nSPS) is 9.62. The number of nitrogens with zero attached hydrogens (tertiary/aromatic N) is 2. The number of carbonyl (C=O) groups excluding carboxylic acids is 1. The Labute approximate surface area is 92.5 Å². The van der Waals surface area contributed by atoms with Crippen LogP contribution in [0.3, 0.4) is 0 Å². The minimum Gasteiger partial charge on any atom is -0.483 e. The summed E-state index contributed by atoms with van der Waals surface area (Å²) in [6.45, 7) is -0.197. The Morgan fingerprint density at radius 2 is 2.19 bits per heavy atom. The van der Waals surface area contributed by atoms with Gasteiger partial charge < -0.3 is 14.7 Å². The molecule has 1 aromatic heterocycles. The number of hydrogen-bond acceptors (Lipinski definition) is 4. The van der Waals surface area contributed by atoms with Gasteiger partial charge in [0.25, 0.3) is 5.91 Å².